The van der Waals surface area contributed by atoms with Gasteiger partial charge in [-0.3, -0.25) is 9.79 Å². The van der Waals surface area contributed by atoms with Crippen molar-refractivity contribution in [1.29, 1.82) is 0 Å². The highest BCUT2D eigenvalue weighted by molar-refractivity contribution is 6.24. The molecule has 7 nitrogen and oxygen atoms in total. The molecular weight excluding hydrogens is 606 g/mol. The third kappa shape index (κ3) is 6.94. The van der Waals surface area contributed by atoms with Gasteiger partial charge in [-0.05, 0) is 109 Å². The van der Waals surface area contributed by atoms with E-state index in [2.05, 4.69) is 83.1 Å². The number of nitrogens with zero attached hydrogens (tertiary/aromatic N) is 2. The summed E-state index contributed by atoms with van der Waals surface area (Å²) < 4.78 is 0. The van der Waals surface area contributed by atoms with Gasteiger partial charge in [0.1, 0.15) is 0 Å². The number of likely N-dealkylation sites (tertiary alicyclic amines) is 1. The van der Waals surface area contributed by atoms with E-state index in [1.807, 2.05) is 43.3 Å². The van der Waals surface area contributed by atoms with Crippen molar-refractivity contribution in [3.8, 4) is 0 Å². The molecule has 1 fully saturated rings. The summed E-state index contributed by atoms with van der Waals surface area (Å²) in [6.45, 7) is 6.55. The van der Waals surface area contributed by atoms with E-state index in [-0.39, 0.29) is 12.3 Å². The standard InChI is InChI=1S/C42H45N5O2/c1-27-12-3-8-19-36(27)45-42(49)46-37(26-39(43)48)31-20-21-34-35(18-11-23-47-22-10-9-13-28(47)2)41(44-38(34)25-31)40-32-16-6-4-14-29(32)24-30-15-5-7-17-33(30)40/h3-8,12,14-17,19-21,24-25,28,35,37H,9-11,13,18,22-23,26H2,1-2H3,(H2,43,48)(H2,45,46,49). The van der Waals surface area contributed by atoms with Gasteiger partial charge < -0.3 is 21.3 Å². The number of benzene rings is 5. The summed E-state index contributed by atoms with van der Waals surface area (Å²) in [5.41, 5.74) is 12.5. The zero-order chi connectivity index (χ0) is 33.9. The van der Waals surface area contributed by atoms with Crippen molar-refractivity contribution >= 4 is 50.6 Å². The predicted octanol–water partition coefficient (Wildman–Crippen LogP) is 8.91. The Morgan fingerprint density at radius 3 is 2.35 bits per heavy atom. The highest BCUT2D eigenvalue weighted by atomic mass is 16.2. The Labute approximate surface area is 288 Å². The number of hydrogen-bond donors (Lipinski definition) is 3. The van der Waals surface area contributed by atoms with Crippen LogP contribution in [0, 0.1) is 6.92 Å². The number of primary amides is 1. The van der Waals surface area contributed by atoms with Crippen LogP contribution in [-0.2, 0) is 4.79 Å². The van der Waals surface area contributed by atoms with Gasteiger partial charge in [-0.15, -0.1) is 0 Å². The SMILES string of the molecule is Cc1ccccc1NC(=O)NC(CC(N)=O)c1ccc2c(c1)N=C(c1c3ccccc3cc3ccccc13)C2CCCN1CCCCC1C. The Balaban J connectivity index is 1.26. The molecule has 0 saturated carbocycles. The quantitative estimate of drug-likeness (QED) is 0.132. The minimum Gasteiger partial charge on any atom is -0.370 e. The number of aliphatic imine (C=N–C) groups is 1. The molecule has 0 bridgehead atoms. The van der Waals surface area contributed by atoms with Gasteiger partial charge >= 0.3 is 6.03 Å². The second kappa shape index (κ2) is 14.2. The first-order valence-electron chi connectivity index (χ1n) is 17.6. The van der Waals surface area contributed by atoms with E-state index >= 15 is 0 Å². The molecule has 250 valence electrons. The number of para-hydroxylation sites is 1. The Hall–Kier alpha value is -5.01. The molecule has 7 heteroatoms. The van der Waals surface area contributed by atoms with Gasteiger partial charge in [0.2, 0.25) is 5.91 Å². The van der Waals surface area contributed by atoms with Gasteiger partial charge in [0, 0.05) is 23.2 Å². The third-order valence-electron chi connectivity index (χ3n) is 10.4. The second-order valence-electron chi connectivity index (χ2n) is 13.7. The average Bonchev–Trinajstić information content (AvgIpc) is 3.45. The van der Waals surface area contributed by atoms with Crippen LogP contribution in [0.25, 0.3) is 21.5 Å². The molecule has 4 N–H and O–H groups in total. The van der Waals surface area contributed by atoms with Crippen molar-refractivity contribution in [3.63, 3.8) is 0 Å². The van der Waals surface area contributed by atoms with Crippen molar-refractivity contribution in [2.24, 2.45) is 10.7 Å². The molecule has 3 unspecified atom stereocenters. The zero-order valence-corrected chi connectivity index (χ0v) is 28.4. The van der Waals surface area contributed by atoms with Gasteiger partial charge in [-0.1, -0.05) is 85.3 Å². The lowest BCUT2D eigenvalue weighted by Gasteiger charge is -2.33. The fourth-order valence-corrected chi connectivity index (χ4v) is 7.81. The first-order chi connectivity index (χ1) is 23.9. The molecule has 3 atom stereocenters. The zero-order valence-electron chi connectivity index (χ0n) is 28.4. The summed E-state index contributed by atoms with van der Waals surface area (Å²) in [6, 6.07) is 32.9. The lowest BCUT2D eigenvalue weighted by molar-refractivity contribution is -0.118. The summed E-state index contributed by atoms with van der Waals surface area (Å²) in [4.78, 5) is 33.5. The van der Waals surface area contributed by atoms with Crippen LogP contribution in [-0.4, -0.2) is 41.7 Å². The fraction of sp³-hybridized carbons (Fsp3) is 0.310. The molecule has 2 heterocycles. The van der Waals surface area contributed by atoms with Crippen LogP contribution < -0.4 is 16.4 Å². The minimum atomic E-state index is -0.608. The van der Waals surface area contributed by atoms with Crippen molar-refractivity contribution in [2.75, 3.05) is 18.4 Å². The van der Waals surface area contributed by atoms with Crippen LogP contribution in [0.15, 0.2) is 102 Å². The number of amides is 3. The molecule has 0 aromatic heterocycles. The molecular formula is C42H45N5O2. The van der Waals surface area contributed by atoms with Crippen LogP contribution in [0.3, 0.4) is 0 Å². The maximum atomic E-state index is 13.2. The largest absolute Gasteiger partial charge is 0.370 e. The predicted molar refractivity (Wildman–Crippen MR) is 201 cm³/mol. The van der Waals surface area contributed by atoms with Crippen molar-refractivity contribution in [1.82, 2.24) is 10.2 Å². The first kappa shape index (κ1) is 32.5. The van der Waals surface area contributed by atoms with E-state index in [1.54, 1.807) is 0 Å². The van der Waals surface area contributed by atoms with Gasteiger partial charge in [0.05, 0.1) is 23.9 Å². The number of carbonyl (C=O) groups is 2. The smallest absolute Gasteiger partial charge is 0.319 e. The van der Waals surface area contributed by atoms with E-state index in [9.17, 15) is 9.59 Å². The van der Waals surface area contributed by atoms with Crippen LogP contribution in [0.4, 0.5) is 16.2 Å². The van der Waals surface area contributed by atoms with Crippen molar-refractivity contribution in [2.45, 2.75) is 70.4 Å². The van der Waals surface area contributed by atoms with Crippen molar-refractivity contribution < 1.29 is 9.59 Å². The van der Waals surface area contributed by atoms with E-state index in [0.717, 1.165) is 41.9 Å². The lowest BCUT2D eigenvalue weighted by Crippen LogP contribution is -2.38. The number of anilines is 1. The number of urea groups is 1. The molecule has 1 saturated heterocycles. The topological polar surface area (TPSA) is 99.8 Å². The van der Waals surface area contributed by atoms with E-state index in [0.29, 0.717) is 11.7 Å². The number of aryl methyl sites for hydroxylation is 1. The molecule has 0 radical (unpaired) electrons. The second-order valence-corrected chi connectivity index (χ2v) is 13.7. The number of carbonyl (C=O) groups excluding carboxylic acids is 2. The molecule has 2 aliphatic rings. The summed E-state index contributed by atoms with van der Waals surface area (Å²) >= 11 is 0. The monoisotopic (exact) mass is 651 g/mol. The highest BCUT2D eigenvalue weighted by Gasteiger charge is 2.32. The molecule has 2 aliphatic heterocycles. The Morgan fingerprint density at radius 2 is 1.63 bits per heavy atom. The number of hydrogen-bond acceptors (Lipinski definition) is 4. The molecule has 3 amide bonds. The molecule has 5 aromatic rings. The molecule has 0 aliphatic carbocycles. The van der Waals surface area contributed by atoms with Gasteiger partial charge in [-0.2, -0.15) is 0 Å². The average molecular weight is 652 g/mol. The Morgan fingerprint density at radius 1 is 0.918 bits per heavy atom. The van der Waals surface area contributed by atoms with Crippen LogP contribution in [0.5, 0.6) is 0 Å². The fourth-order valence-electron chi connectivity index (χ4n) is 7.81. The molecule has 7 rings (SSSR count). The lowest BCUT2D eigenvalue weighted by atomic mass is 9.83. The number of nitrogens with one attached hydrogen (secondary N) is 2. The summed E-state index contributed by atoms with van der Waals surface area (Å²) in [7, 11) is 0. The maximum absolute atomic E-state index is 13.2. The van der Waals surface area contributed by atoms with Crippen LogP contribution >= 0.6 is 0 Å². The van der Waals surface area contributed by atoms with Gasteiger partial charge in [-0.25, -0.2) is 4.79 Å². The van der Waals surface area contributed by atoms with E-state index in [1.165, 1.54) is 58.5 Å². The molecule has 5 aromatic carbocycles. The maximum Gasteiger partial charge on any atom is 0.319 e. The van der Waals surface area contributed by atoms with Gasteiger partial charge in [0.15, 0.2) is 0 Å². The number of fused-ring (bicyclic) bond motifs is 3. The number of rotatable bonds is 10. The van der Waals surface area contributed by atoms with Crippen LogP contribution in [0.2, 0.25) is 0 Å². The third-order valence-corrected chi connectivity index (χ3v) is 10.4. The normalized spacial score (nSPS) is 18.2. The van der Waals surface area contributed by atoms with Gasteiger partial charge in [0.25, 0.3) is 0 Å². The molecule has 0 spiro atoms. The highest BCUT2D eigenvalue weighted by Crippen LogP contribution is 2.44. The molecule has 49 heavy (non-hydrogen) atoms. The summed E-state index contributed by atoms with van der Waals surface area (Å²) in [5, 5.41) is 10.7. The Kier molecular flexibility index (Phi) is 9.45. The van der Waals surface area contributed by atoms with Crippen molar-refractivity contribution in [3.05, 3.63) is 119 Å². The van der Waals surface area contributed by atoms with E-state index in [4.69, 9.17) is 10.7 Å². The number of piperidine rings is 1. The summed E-state index contributed by atoms with van der Waals surface area (Å²) in [5.74, 6) is -0.372. The Bertz CT molecular complexity index is 2000. The van der Waals surface area contributed by atoms with E-state index < -0.39 is 18.0 Å². The number of nitrogens with two attached hydrogens (primary N) is 1. The summed E-state index contributed by atoms with van der Waals surface area (Å²) in [6.07, 6.45) is 5.89. The van der Waals surface area contributed by atoms with Crippen LogP contribution in [0.1, 0.15) is 79.7 Å². The minimum absolute atomic E-state index is 0.0258. The first-order valence-corrected chi connectivity index (χ1v) is 17.6.